The molecule has 0 saturated carbocycles. The first kappa shape index (κ1) is 112. The Morgan fingerprint density at radius 3 is 1.51 bits per heavy atom. The Balaban J connectivity index is 1.09. The smallest absolute Gasteiger partial charge is 0.446 e. The number of fused-ring (bicyclic) bond motifs is 2. The van der Waals surface area contributed by atoms with E-state index in [1.807, 2.05) is 31.2 Å². The van der Waals surface area contributed by atoms with Crippen molar-refractivity contribution in [3.8, 4) is 5.75 Å². The van der Waals surface area contributed by atoms with Crippen molar-refractivity contribution in [1.29, 1.82) is 0 Å². The number of aromatic amines is 1. The van der Waals surface area contributed by atoms with Crippen molar-refractivity contribution in [2.75, 3.05) is 86.6 Å². The molecule has 0 aliphatic rings. The topological polar surface area (TPSA) is 611 Å². The molecule has 0 bridgehead atoms. The number of H-pyrrole nitrogens is 1. The van der Waals surface area contributed by atoms with E-state index in [4.69, 9.17) is 29.8 Å². The van der Waals surface area contributed by atoms with Crippen LogP contribution in [0.4, 0.5) is 0 Å². The molecule has 0 aliphatic heterocycles. The van der Waals surface area contributed by atoms with Crippen LogP contribution in [0.2, 0.25) is 0 Å². The van der Waals surface area contributed by atoms with Gasteiger partial charge in [0.15, 0.2) is 0 Å². The van der Waals surface area contributed by atoms with Gasteiger partial charge in [-0.25, -0.2) is 4.79 Å². The second-order valence-corrected chi connectivity index (χ2v) is 34.1. The molecule has 0 spiro atoms. The number of benzene rings is 4. The summed E-state index contributed by atoms with van der Waals surface area (Å²) in [6.07, 6.45) is 14.1. The number of carbonyl (C=O) groups is 16. The number of amides is 12. The molecule has 0 aliphatic carbocycles. The average molecular weight is 1900 g/mol. The van der Waals surface area contributed by atoms with Gasteiger partial charge in [-0.3, -0.25) is 76.5 Å². The normalized spacial score (nSPS) is 13.1. The predicted octanol–water partition coefficient (Wildman–Crippen LogP) is 4.37. The van der Waals surface area contributed by atoms with Crippen LogP contribution in [0.25, 0.3) is 21.7 Å². The Bertz CT molecular complexity index is 4760. The van der Waals surface area contributed by atoms with Crippen LogP contribution < -0.4 is 57.8 Å². The minimum atomic E-state index is -5.00. The SMILES string of the molecule is CCCC[C@H](NC(=O)[C@H](Cc1c[nH]c2ccccc12)NC(=O)CNC(=O)[C@H](CC(C)C)NC(=O)[C@H](Cc1ccc(OS(=O)(=O)O)cc1)NC(=O)[C@H](CC(=O)O)NC(=O)COCCOCCNC(=O)COCCOCCNC(=O)CC[C@H](NC(=O)CCCCCCCCCCCCCCCCC(=O)O)C(=O)O)C(=O)N(C)[C@@H](CC(=O)O)C(=O)N(C)[C@@H](Cc1cccc2ccccc12)C(N)=O. The van der Waals surface area contributed by atoms with Crippen molar-refractivity contribution < 1.29 is 133 Å². The number of likely N-dealkylation sites (N-methyl/N-ethyl adjacent to an activating group) is 2. The number of hydrogen-bond donors (Lipinski definition) is 16. The van der Waals surface area contributed by atoms with Gasteiger partial charge >= 0.3 is 34.3 Å². The lowest BCUT2D eigenvalue weighted by atomic mass is 9.97. The number of rotatable bonds is 71. The molecule has 42 heteroatoms. The molecule has 8 atom stereocenters. The van der Waals surface area contributed by atoms with Gasteiger partial charge in [-0.15, -0.1) is 0 Å². The van der Waals surface area contributed by atoms with Gasteiger partial charge in [-0.2, -0.15) is 8.42 Å². The van der Waals surface area contributed by atoms with Crippen LogP contribution in [0, 0.1) is 5.92 Å². The fourth-order valence-electron chi connectivity index (χ4n) is 14.7. The zero-order chi connectivity index (χ0) is 98.5. The van der Waals surface area contributed by atoms with Crippen LogP contribution in [-0.4, -0.2) is 278 Å². The molecule has 17 N–H and O–H groups in total. The van der Waals surface area contributed by atoms with Gasteiger partial charge in [0, 0.05) is 82.8 Å². The molecular formula is C92H133N13O28S. The van der Waals surface area contributed by atoms with Gasteiger partial charge in [0.2, 0.25) is 70.9 Å². The molecule has 4 aromatic carbocycles. The third-order valence-electron chi connectivity index (χ3n) is 21.8. The number of hydrogen-bond acceptors (Lipinski definition) is 23. The third-order valence-corrected chi connectivity index (χ3v) is 22.2. The lowest BCUT2D eigenvalue weighted by molar-refractivity contribution is -0.152. The van der Waals surface area contributed by atoms with Gasteiger partial charge in [0.25, 0.3) is 0 Å². The second kappa shape index (κ2) is 61.5. The molecule has 12 amide bonds. The molecule has 0 saturated heterocycles. The highest BCUT2D eigenvalue weighted by Gasteiger charge is 2.40. The second-order valence-electron chi connectivity index (χ2n) is 33.1. The summed E-state index contributed by atoms with van der Waals surface area (Å²) in [5.74, 6) is -16.0. The van der Waals surface area contributed by atoms with E-state index in [9.17, 15) is 105 Å². The number of carboxylic acids is 4. The van der Waals surface area contributed by atoms with E-state index in [0.29, 0.717) is 41.3 Å². The van der Waals surface area contributed by atoms with E-state index >= 15 is 0 Å². The lowest BCUT2D eigenvalue weighted by Crippen LogP contribution is -2.60. The standard InChI is InChI=1S/C92H133N13O28S/c1-6-7-32-69(90(122)105(5)76(55-84(115)116)91(123)104(4)75(85(93)117)53-63-29-26-28-62-27-22-23-30-66(62)63)101-88(120)73(52-64-56-96-68-33-25-24-31-67(64)68)99-79(108)57-97-86(118)71(50-60(2)3)102-87(119)72(51-61-36-38-65(39-37-61)133-134(126,127)128)103-89(121)74(54-83(113)114)100-81(110)59-132-49-47-130-45-43-95-80(109)58-131-48-46-129-44-42-94-77(106)41-40-70(92(124)125)98-78(107)34-20-18-16-14-12-10-8-9-11-13-15-17-19-21-35-82(111)112/h22-31,33,36-39,56,60,69-76,96H,6-21,32,34-35,40-55,57-59H2,1-5H3,(H2,93,117)(H,94,106)(H,95,109)(H,97,118)(H,98,107)(H,99,108)(H,100,110)(H,101,120)(H,102,119)(H,103,121)(H,111,112)(H,113,114)(H,115,116)(H,124,125)(H,126,127,128)/t69-,70-,71-,72-,73-,74-,75-,76-/m0/s1. The van der Waals surface area contributed by atoms with Gasteiger partial charge in [-0.1, -0.05) is 183 Å². The predicted molar refractivity (Wildman–Crippen MR) is 490 cm³/mol. The third kappa shape index (κ3) is 44.5. The fraction of sp³-hybridized carbons (Fsp3) is 0.565. The Labute approximate surface area is 779 Å². The number of primary amides is 1. The Morgan fingerprint density at radius 2 is 0.940 bits per heavy atom. The maximum absolute atomic E-state index is 14.8. The summed E-state index contributed by atoms with van der Waals surface area (Å²) in [6.45, 7) is 3.29. The molecule has 0 radical (unpaired) electrons. The lowest BCUT2D eigenvalue weighted by Gasteiger charge is -2.35. The monoisotopic (exact) mass is 1900 g/mol. The number of carboxylic acid groups (broad SMARTS) is 4. The summed E-state index contributed by atoms with van der Waals surface area (Å²) >= 11 is 0. The molecule has 5 rings (SSSR count). The van der Waals surface area contributed by atoms with Crippen molar-refractivity contribution in [3.63, 3.8) is 0 Å². The molecule has 5 aromatic rings. The first-order valence-corrected chi connectivity index (χ1v) is 46.7. The highest BCUT2D eigenvalue weighted by molar-refractivity contribution is 7.81. The molecule has 0 unspecified atom stereocenters. The number of nitrogens with zero attached hydrogens (tertiary/aromatic N) is 2. The molecule has 740 valence electrons. The number of aliphatic carboxylic acids is 4. The van der Waals surface area contributed by atoms with Crippen LogP contribution in [-0.2, 0) is 125 Å². The summed E-state index contributed by atoms with van der Waals surface area (Å²) in [5.41, 5.74) is 7.94. The average Bonchev–Trinajstić information content (AvgIpc) is 0.821. The van der Waals surface area contributed by atoms with Crippen LogP contribution >= 0.6 is 0 Å². The molecule has 1 aromatic heterocycles. The van der Waals surface area contributed by atoms with Crippen molar-refractivity contribution >= 4 is 127 Å². The summed E-state index contributed by atoms with van der Waals surface area (Å²) < 4.78 is 58.4. The Kier molecular flexibility index (Phi) is 51.6. The van der Waals surface area contributed by atoms with E-state index in [0.717, 1.165) is 90.5 Å². The zero-order valence-corrected chi connectivity index (χ0v) is 77.6. The van der Waals surface area contributed by atoms with Crippen molar-refractivity contribution in [2.24, 2.45) is 11.7 Å². The van der Waals surface area contributed by atoms with Gasteiger partial charge in [0.1, 0.15) is 67.3 Å². The van der Waals surface area contributed by atoms with E-state index in [2.05, 4.69) is 57.0 Å². The maximum Gasteiger partial charge on any atom is 0.446 e. The summed E-state index contributed by atoms with van der Waals surface area (Å²) in [5, 5.41) is 63.5. The maximum atomic E-state index is 14.8. The molecule has 134 heavy (non-hydrogen) atoms. The summed E-state index contributed by atoms with van der Waals surface area (Å²) in [6, 6.07) is 12.1. The quantitative estimate of drug-likeness (QED) is 0.0190. The van der Waals surface area contributed by atoms with Crippen LogP contribution in [0.1, 0.15) is 192 Å². The van der Waals surface area contributed by atoms with E-state index in [1.54, 1.807) is 62.5 Å². The fourth-order valence-corrected chi connectivity index (χ4v) is 15.0. The number of unbranched alkanes of at least 4 members (excludes halogenated alkanes) is 14. The molecule has 41 nitrogen and oxygen atoms in total. The number of nitrogens with one attached hydrogen (secondary N) is 10. The summed E-state index contributed by atoms with van der Waals surface area (Å²) in [4.78, 5) is 217. The number of carbonyl (C=O) groups excluding carboxylic acids is 12. The Hall–Kier alpha value is -12.3. The minimum Gasteiger partial charge on any atom is -0.481 e. The molecular weight excluding hydrogens is 1770 g/mol. The summed E-state index contributed by atoms with van der Waals surface area (Å²) in [7, 11) is -2.54. The van der Waals surface area contributed by atoms with E-state index in [-0.39, 0.29) is 134 Å². The van der Waals surface area contributed by atoms with Crippen molar-refractivity contribution in [1.82, 2.24) is 62.6 Å². The van der Waals surface area contributed by atoms with E-state index in [1.165, 1.54) is 51.9 Å². The largest absolute Gasteiger partial charge is 0.481 e. The van der Waals surface area contributed by atoms with Gasteiger partial charge < -0.3 is 112 Å². The van der Waals surface area contributed by atoms with Crippen molar-refractivity contribution in [3.05, 3.63) is 114 Å². The number of para-hydroxylation sites is 1. The zero-order valence-electron chi connectivity index (χ0n) is 76.8. The number of nitrogens with two attached hydrogens (primary N) is 1. The minimum absolute atomic E-state index is 0.0113. The van der Waals surface area contributed by atoms with Gasteiger partial charge in [0.05, 0.1) is 59.0 Å². The number of aromatic nitrogens is 1. The molecule has 0 fully saturated rings. The van der Waals surface area contributed by atoms with Crippen LogP contribution in [0.3, 0.4) is 0 Å². The number of ether oxygens (including phenoxy) is 4. The first-order valence-electron chi connectivity index (χ1n) is 45.3. The Morgan fingerprint density at radius 1 is 0.433 bits per heavy atom. The van der Waals surface area contributed by atoms with E-state index < -0.39 is 180 Å². The van der Waals surface area contributed by atoms with Crippen molar-refractivity contribution in [2.45, 2.75) is 242 Å². The van der Waals surface area contributed by atoms with Gasteiger partial charge in [-0.05, 0) is 83.7 Å². The van der Waals surface area contributed by atoms with Crippen LogP contribution in [0.5, 0.6) is 5.75 Å². The van der Waals surface area contributed by atoms with Crippen LogP contribution in [0.15, 0.2) is 97.2 Å². The first-order chi connectivity index (χ1) is 63.9. The molecule has 1 heterocycles. The highest BCUT2D eigenvalue weighted by Crippen LogP contribution is 2.25. The highest BCUT2D eigenvalue weighted by atomic mass is 32.3.